The zero-order valence-corrected chi connectivity index (χ0v) is 15.5. The number of nitrogens with zero attached hydrogens (tertiary/aromatic N) is 2. The predicted molar refractivity (Wildman–Crippen MR) is 102 cm³/mol. The zero-order chi connectivity index (χ0) is 16.4. The Labute approximate surface area is 153 Å². The summed E-state index contributed by atoms with van der Waals surface area (Å²) in [7, 11) is -1.84. The molecule has 2 aromatic carbocycles. The number of nitrogens with one attached hydrogen (secondary N) is 1. The van der Waals surface area contributed by atoms with Crippen LogP contribution >= 0.6 is 24.0 Å². The fraction of sp³-hybridized carbons (Fsp3) is 0.250. The summed E-state index contributed by atoms with van der Waals surface area (Å²) in [5.74, 6) is 0. The second-order valence-corrected chi connectivity index (χ2v) is 7.35. The molecular formula is C16H19Cl2N3O2S. The molecule has 2 aromatic rings. The molecule has 130 valence electrons. The molecule has 1 aliphatic heterocycles. The van der Waals surface area contributed by atoms with E-state index < -0.39 is 10.2 Å². The van der Waals surface area contributed by atoms with Crippen molar-refractivity contribution in [3.63, 3.8) is 0 Å². The van der Waals surface area contributed by atoms with Crippen LogP contribution in [0.3, 0.4) is 0 Å². The van der Waals surface area contributed by atoms with Crippen LogP contribution in [0, 0.1) is 0 Å². The average Bonchev–Trinajstić information content (AvgIpc) is 2.76. The molecule has 0 amide bonds. The summed E-state index contributed by atoms with van der Waals surface area (Å²) < 4.78 is 28.9. The Hall–Kier alpha value is -1.47. The number of anilines is 3. The first-order valence-corrected chi connectivity index (χ1v) is 9.16. The van der Waals surface area contributed by atoms with Crippen LogP contribution in [0.5, 0.6) is 0 Å². The van der Waals surface area contributed by atoms with Crippen LogP contribution < -0.4 is 13.9 Å². The molecular weight excluding hydrogens is 369 g/mol. The van der Waals surface area contributed by atoms with E-state index in [2.05, 4.69) is 5.32 Å². The van der Waals surface area contributed by atoms with E-state index in [1.165, 1.54) is 8.61 Å². The van der Waals surface area contributed by atoms with Crippen molar-refractivity contribution >= 4 is 51.3 Å². The summed E-state index contributed by atoms with van der Waals surface area (Å²) in [6.07, 6.45) is 0.723. The van der Waals surface area contributed by atoms with Gasteiger partial charge in [0.1, 0.15) is 0 Å². The van der Waals surface area contributed by atoms with Crippen LogP contribution in [0.4, 0.5) is 17.1 Å². The molecule has 1 N–H and O–H groups in total. The fourth-order valence-corrected chi connectivity index (χ4v) is 4.74. The second-order valence-electron chi connectivity index (χ2n) is 5.24. The van der Waals surface area contributed by atoms with Gasteiger partial charge in [-0.05, 0) is 44.3 Å². The molecule has 1 heterocycles. The molecule has 0 fully saturated rings. The SMILES string of the molecule is CNCCCN1c2ccccc2N(c2ccccc2Cl)S1(=O)=O.Cl. The lowest BCUT2D eigenvalue weighted by Gasteiger charge is -2.22. The lowest BCUT2D eigenvalue weighted by atomic mass is 10.2. The third-order valence-corrected chi connectivity index (χ3v) is 5.85. The normalized spacial score (nSPS) is 15.1. The van der Waals surface area contributed by atoms with Crippen molar-refractivity contribution in [1.82, 2.24) is 5.32 Å². The highest BCUT2D eigenvalue weighted by atomic mass is 35.5. The monoisotopic (exact) mass is 387 g/mol. The van der Waals surface area contributed by atoms with E-state index >= 15 is 0 Å². The third-order valence-electron chi connectivity index (χ3n) is 3.74. The smallest absolute Gasteiger partial charge is 0.320 e. The van der Waals surface area contributed by atoms with Crippen LogP contribution in [-0.4, -0.2) is 28.6 Å². The Morgan fingerprint density at radius 1 is 1.00 bits per heavy atom. The Balaban J connectivity index is 0.00000208. The Morgan fingerprint density at radius 2 is 1.58 bits per heavy atom. The van der Waals surface area contributed by atoms with Crippen LogP contribution in [-0.2, 0) is 10.2 Å². The largest absolute Gasteiger partial charge is 0.331 e. The quantitative estimate of drug-likeness (QED) is 0.797. The second kappa shape index (κ2) is 7.61. The third kappa shape index (κ3) is 3.19. The molecule has 3 rings (SSSR count). The molecule has 5 nitrogen and oxygen atoms in total. The van der Waals surface area contributed by atoms with Gasteiger partial charge in [0.15, 0.2) is 0 Å². The van der Waals surface area contributed by atoms with Gasteiger partial charge in [0.2, 0.25) is 0 Å². The van der Waals surface area contributed by atoms with E-state index in [0.29, 0.717) is 28.6 Å². The Morgan fingerprint density at radius 3 is 2.21 bits per heavy atom. The van der Waals surface area contributed by atoms with Gasteiger partial charge in [0, 0.05) is 6.54 Å². The molecule has 0 saturated heterocycles. The molecule has 8 heteroatoms. The molecule has 0 unspecified atom stereocenters. The van der Waals surface area contributed by atoms with Gasteiger partial charge in [0.25, 0.3) is 0 Å². The number of hydrogen-bond acceptors (Lipinski definition) is 3. The maximum Gasteiger partial charge on any atom is 0.331 e. The van der Waals surface area contributed by atoms with Gasteiger partial charge in [-0.25, -0.2) is 4.31 Å². The predicted octanol–water partition coefficient (Wildman–Crippen LogP) is 3.57. The standard InChI is InChI=1S/C16H18ClN3O2S.ClH/c1-18-11-6-12-19-15-9-4-5-10-16(15)20(23(19,21)22)14-8-3-2-7-13(14)17;/h2-5,7-10,18H,6,11-12H2,1H3;1H. The van der Waals surface area contributed by atoms with Gasteiger partial charge < -0.3 is 5.32 Å². The maximum absolute atomic E-state index is 13.1. The summed E-state index contributed by atoms with van der Waals surface area (Å²) in [6, 6.07) is 14.3. The summed E-state index contributed by atoms with van der Waals surface area (Å²) in [4.78, 5) is 0. The van der Waals surface area contributed by atoms with Gasteiger partial charge in [0.05, 0.1) is 22.1 Å². The van der Waals surface area contributed by atoms with Gasteiger partial charge in [-0.2, -0.15) is 8.42 Å². The van der Waals surface area contributed by atoms with Gasteiger partial charge >= 0.3 is 10.2 Å². The van der Waals surface area contributed by atoms with E-state index in [9.17, 15) is 8.42 Å². The van der Waals surface area contributed by atoms with Crippen molar-refractivity contribution in [2.75, 3.05) is 28.7 Å². The fourth-order valence-electron chi connectivity index (χ4n) is 2.70. The van der Waals surface area contributed by atoms with E-state index in [4.69, 9.17) is 11.6 Å². The van der Waals surface area contributed by atoms with Crippen LogP contribution in [0.1, 0.15) is 6.42 Å². The molecule has 1 aliphatic rings. The number of halogens is 2. The molecule has 0 aliphatic carbocycles. The van der Waals surface area contributed by atoms with Crippen LogP contribution in [0.15, 0.2) is 48.5 Å². The first-order chi connectivity index (χ1) is 11.1. The Kier molecular flexibility index (Phi) is 5.98. The van der Waals surface area contributed by atoms with Crippen LogP contribution in [0.2, 0.25) is 5.02 Å². The highest BCUT2D eigenvalue weighted by molar-refractivity contribution is 7.95. The summed E-state index contributed by atoms with van der Waals surface area (Å²) >= 11 is 6.24. The van der Waals surface area contributed by atoms with Crippen molar-refractivity contribution in [1.29, 1.82) is 0 Å². The maximum atomic E-state index is 13.1. The van der Waals surface area contributed by atoms with Crippen molar-refractivity contribution in [3.8, 4) is 0 Å². The summed E-state index contributed by atoms with van der Waals surface area (Å²) in [6.45, 7) is 1.17. The molecule has 0 aromatic heterocycles. The average molecular weight is 388 g/mol. The van der Waals surface area contributed by atoms with Crippen LogP contribution in [0.25, 0.3) is 0 Å². The van der Waals surface area contributed by atoms with Gasteiger partial charge in [-0.15, -0.1) is 12.4 Å². The van der Waals surface area contributed by atoms with Crippen molar-refractivity contribution in [2.24, 2.45) is 0 Å². The zero-order valence-electron chi connectivity index (χ0n) is 13.1. The molecule has 0 spiro atoms. The van der Waals surface area contributed by atoms with Gasteiger partial charge in [-0.3, -0.25) is 4.31 Å². The minimum absolute atomic E-state index is 0. The first-order valence-electron chi connectivity index (χ1n) is 7.38. The molecule has 0 saturated carbocycles. The number of para-hydroxylation sites is 3. The minimum Gasteiger partial charge on any atom is -0.320 e. The number of hydrogen-bond donors (Lipinski definition) is 1. The minimum atomic E-state index is -3.69. The van der Waals surface area contributed by atoms with E-state index in [0.717, 1.165) is 13.0 Å². The van der Waals surface area contributed by atoms with E-state index in [1.807, 2.05) is 25.2 Å². The van der Waals surface area contributed by atoms with E-state index in [-0.39, 0.29) is 12.4 Å². The summed E-state index contributed by atoms with van der Waals surface area (Å²) in [5, 5.41) is 3.44. The summed E-state index contributed by atoms with van der Waals surface area (Å²) in [5.41, 5.74) is 1.78. The lowest BCUT2D eigenvalue weighted by molar-refractivity contribution is 0.591. The highest BCUT2D eigenvalue weighted by Crippen LogP contribution is 2.46. The first kappa shape index (κ1) is 18.9. The molecule has 0 bridgehead atoms. The molecule has 0 atom stereocenters. The highest BCUT2D eigenvalue weighted by Gasteiger charge is 2.41. The number of fused-ring (bicyclic) bond motifs is 1. The van der Waals surface area contributed by atoms with E-state index in [1.54, 1.807) is 30.3 Å². The van der Waals surface area contributed by atoms with Crippen molar-refractivity contribution in [2.45, 2.75) is 6.42 Å². The molecule has 24 heavy (non-hydrogen) atoms. The topological polar surface area (TPSA) is 52.6 Å². The van der Waals surface area contributed by atoms with Crippen molar-refractivity contribution in [3.05, 3.63) is 53.6 Å². The Bertz CT molecular complexity index is 814. The number of rotatable bonds is 5. The lowest BCUT2D eigenvalue weighted by Crippen LogP contribution is -2.36. The van der Waals surface area contributed by atoms with Crippen molar-refractivity contribution < 1.29 is 8.42 Å². The number of benzene rings is 2. The van der Waals surface area contributed by atoms with Gasteiger partial charge in [-0.1, -0.05) is 35.9 Å². The molecule has 0 radical (unpaired) electrons.